The van der Waals surface area contributed by atoms with E-state index in [9.17, 15) is 13.2 Å². The van der Waals surface area contributed by atoms with Crippen LogP contribution in [0.1, 0.15) is 29.9 Å². The first kappa shape index (κ1) is 21.1. The van der Waals surface area contributed by atoms with E-state index in [2.05, 4.69) is 35.0 Å². The maximum Gasteiger partial charge on any atom is 0.251 e. The van der Waals surface area contributed by atoms with Crippen molar-refractivity contribution in [1.82, 2.24) is 14.2 Å². The molecule has 0 fully saturated rings. The van der Waals surface area contributed by atoms with Crippen LogP contribution in [0.25, 0.3) is 10.9 Å². The van der Waals surface area contributed by atoms with E-state index in [-0.39, 0.29) is 10.8 Å². The zero-order chi connectivity index (χ0) is 21.0. The number of hydrogen-bond acceptors (Lipinski definition) is 3. The van der Waals surface area contributed by atoms with Crippen LogP contribution >= 0.6 is 0 Å². The van der Waals surface area contributed by atoms with Crippen molar-refractivity contribution in [2.75, 3.05) is 19.6 Å². The SMILES string of the molecule is CCN(CC)S(=O)(=O)c1ccc(C(=O)NCCn2c(C)cc3ccccc32)cc1. The van der Waals surface area contributed by atoms with Crippen molar-refractivity contribution in [2.45, 2.75) is 32.2 Å². The van der Waals surface area contributed by atoms with E-state index in [1.165, 1.54) is 21.8 Å². The van der Waals surface area contributed by atoms with Gasteiger partial charge in [0.1, 0.15) is 0 Å². The van der Waals surface area contributed by atoms with Gasteiger partial charge in [0.15, 0.2) is 0 Å². The number of amides is 1. The molecule has 0 aliphatic carbocycles. The van der Waals surface area contributed by atoms with E-state index >= 15 is 0 Å². The molecule has 1 N–H and O–H groups in total. The first-order valence-electron chi connectivity index (χ1n) is 9.81. The Kier molecular flexibility index (Phi) is 6.39. The number of aryl methyl sites for hydroxylation is 1. The molecule has 3 rings (SSSR count). The molecular weight excluding hydrogens is 386 g/mol. The van der Waals surface area contributed by atoms with Crippen molar-refractivity contribution in [3.8, 4) is 0 Å². The number of hydrogen-bond donors (Lipinski definition) is 1. The van der Waals surface area contributed by atoms with Crippen molar-refractivity contribution in [2.24, 2.45) is 0 Å². The van der Waals surface area contributed by atoms with Gasteiger partial charge in [-0.25, -0.2) is 8.42 Å². The number of carbonyl (C=O) groups is 1. The number of nitrogens with zero attached hydrogens (tertiary/aromatic N) is 2. The quantitative estimate of drug-likeness (QED) is 0.615. The van der Waals surface area contributed by atoms with E-state index in [0.29, 0.717) is 31.7 Å². The number of carbonyl (C=O) groups excluding carboxylic acids is 1. The van der Waals surface area contributed by atoms with Gasteiger partial charge in [0.05, 0.1) is 4.90 Å². The second-order valence-corrected chi connectivity index (χ2v) is 8.80. The fourth-order valence-corrected chi connectivity index (χ4v) is 4.98. The molecule has 1 aromatic heterocycles. The standard InChI is InChI=1S/C22H27N3O3S/c1-4-24(5-2)29(27,28)20-12-10-18(11-13-20)22(26)23-14-15-25-17(3)16-19-8-6-7-9-21(19)25/h6-13,16H,4-5,14-15H2,1-3H3,(H,23,26). The lowest BCUT2D eigenvalue weighted by atomic mass is 10.2. The fraction of sp³-hybridized carbons (Fsp3) is 0.318. The molecule has 0 saturated heterocycles. The number of aromatic nitrogens is 1. The van der Waals surface area contributed by atoms with Gasteiger partial charge in [0.25, 0.3) is 5.91 Å². The number of benzene rings is 2. The highest BCUT2D eigenvalue weighted by Gasteiger charge is 2.21. The predicted molar refractivity (Wildman–Crippen MR) is 116 cm³/mol. The molecule has 0 atom stereocenters. The van der Waals surface area contributed by atoms with E-state index < -0.39 is 10.0 Å². The summed E-state index contributed by atoms with van der Waals surface area (Å²) >= 11 is 0. The summed E-state index contributed by atoms with van der Waals surface area (Å²) in [5.74, 6) is -0.217. The van der Waals surface area contributed by atoms with Gasteiger partial charge in [-0.3, -0.25) is 4.79 Å². The largest absolute Gasteiger partial charge is 0.350 e. The summed E-state index contributed by atoms with van der Waals surface area (Å²) in [6, 6.07) is 16.4. The van der Waals surface area contributed by atoms with Crippen LogP contribution in [-0.4, -0.2) is 42.8 Å². The maximum absolute atomic E-state index is 12.5. The first-order valence-corrected chi connectivity index (χ1v) is 11.3. The van der Waals surface area contributed by atoms with Crippen molar-refractivity contribution >= 4 is 26.8 Å². The smallest absolute Gasteiger partial charge is 0.251 e. The number of nitrogens with one attached hydrogen (secondary N) is 1. The number of rotatable bonds is 8. The van der Waals surface area contributed by atoms with Gasteiger partial charge < -0.3 is 9.88 Å². The predicted octanol–water partition coefficient (Wildman–Crippen LogP) is 3.41. The molecule has 29 heavy (non-hydrogen) atoms. The third-order valence-electron chi connectivity index (χ3n) is 5.10. The number of fused-ring (bicyclic) bond motifs is 1. The second kappa shape index (κ2) is 8.80. The van der Waals surface area contributed by atoms with Crippen LogP contribution in [-0.2, 0) is 16.6 Å². The fourth-order valence-electron chi connectivity index (χ4n) is 3.52. The second-order valence-electron chi connectivity index (χ2n) is 6.87. The highest BCUT2D eigenvalue weighted by atomic mass is 32.2. The Labute approximate surface area is 172 Å². The van der Waals surface area contributed by atoms with Gasteiger partial charge in [-0.2, -0.15) is 4.31 Å². The molecule has 0 saturated carbocycles. The Bertz CT molecular complexity index is 1100. The molecule has 0 aliphatic rings. The molecule has 0 radical (unpaired) electrons. The van der Waals surface area contributed by atoms with Crippen LogP contribution in [0.2, 0.25) is 0 Å². The average Bonchev–Trinajstić information content (AvgIpc) is 3.04. The van der Waals surface area contributed by atoms with Gasteiger partial charge in [0.2, 0.25) is 10.0 Å². The van der Waals surface area contributed by atoms with Crippen LogP contribution in [0.5, 0.6) is 0 Å². The Balaban J connectivity index is 1.65. The highest BCUT2D eigenvalue weighted by Crippen LogP contribution is 2.19. The van der Waals surface area contributed by atoms with E-state index in [1.807, 2.05) is 12.1 Å². The monoisotopic (exact) mass is 413 g/mol. The van der Waals surface area contributed by atoms with Crippen LogP contribution in [0.3, 0.4) is 0 Å². The minimum absolute atomic E-state index is 0.201. The first-order chi connectivity index (χ1) is 13.9. The topological polar surface area (TPSA) is 71.4 Å². The van der Waals surface area contributed by atoms with Crippen LogP contribution in [0.4, 0.5) is 0 Å². The lowest BCUT2D eigenvalue weighted by molar-refractivity contribution is 0.0952. The molecule has 3 aromatic rings. The minimum atomic E-state index is -3.52. The third-order valence-corrected chi connectivity index (χ3v) is 7.16. The lowest BCUT2D eigenvalue weighted by Gasteiger charge is -2.18. The zero-order valence-corrected chi connectivity index (χ0v) is 17.9. The molecule has 1 heterocycles. The maximum atomic E-state index is 12.5. The summed E-state index contributed by atoms with van der Waals surface area (Å²) in [4.78, 5) is 12.6. The van der Waals surface area contributed by atoms with Crippen LogP contribution in [0.15, 0.2) is 59.5 Å². The van der Waals surface area contributed by atoms with Gasteiger partial charge in [0, 0.05) is 43.0 Å². The summed E-state index contributed by atoms with van der Waals surface area (Å²) < 4.78 is 28.7. The van der Waals surface area contributed by atoms with E-state index in [1.54, 1.807) is 26.0 Å². The summed E-state index contributed by atoms with van der Waals surface area (Å²) in [6.07, 6.45) is 0. The van der Waals surface area contributed by atoms with Crippen molar-refractivity contribution in [3.63, 3.8) is 0 Å². The number of sulfonamides is 1. The summed E-state index contributed by atoms with van der Waals surface area (Å²) in [5, 5.41) is 4.09. The summed E-state index contributed by atoms with van der Waals surface area (Å²) in [6.45, 7) is 7.63. The third kappa shape index (κ3) is 4.36. The molecular formula is C22H27N3O3S. The molecule has 2 aromatic carbocycles. The van der Waals surface area contributed by atoms with Crippen molar-refractivity contribution in [3.05, 3.63) is 65.9 Å². The Morgan fingerprint density at radius 2 is 1.69 bits per heavy atom. The van der Waals surface area contributed by atoms with Gasteiger partial charge >= 0.3 is 0 Å². The van der Waals surface area contributed by atoms with Gasteiger partial charge in [-0.1, -0.05) is 32.0 Å². The highest BCUT2D eigenvalue weighted by molar-refractivity contribution is 7.89. The molecule has 0 spiro atoms. The Hall–Kier alpha value is -2.64. The summed E-state index contributed by atoms with van der Waals surface area (Å²) in [7, 11) is -3.52. The molecule has 0 unspecified atom stereocenters. The molecule has 0 bridgehead atoms. The Morgan fingerprint density at radius 3 is 2.34 bits per heavy atom. The molecule has 1 amide bonds. The van der Waals surface area contributed by atoms with Gasteiger partial charge in [-0.15, -0.1) is 0 Å². The van der Waals surface area contributed by atoms with E-state index in [0.717, 1.165) is 11.2 Å². The Morgan fingerprint density at radius 1 is 1.03 bits per heavy atom. The molecule has 7 heteroatoms. The normalized spacial score (nSPS) is 11.9. The van der Waals surface area contributed by atoms with Crippen LogP contribution < -0.4 is 5.32 Å². The van der Waals surface area contributed by atoms with Crippen molar-refractivity contribution < 1.29 is 13.2 Å². The van der Waals surface area contributed by atoms with Gasteiger partial charge in [-0.05, 0) is 48.7 Å². The molecule has 6 nitrogen and oxygen atoms in total. The lowest BCUT2D eigenvalue weighted by Crippen LogP contribution is -2.31. The molecule has 154 valence electrons. The molecule has 0 aliphatic heterocycles. The zero-order valence-electron chi connectivity index (χ0n) is 17.1. The van der Waals surface area contributed by atoms with Crippen molar-refractivity contribution in [1.29, 1.82) is 0 Å². The minimum Gasteiger partial charge on any atom is -0.350 e. The van der Waals surface area contributed by atoms with Crippen LogP contribution in [0, 0.1) is 6.92 Å². The summed E-state index contributed by atoms with van der Waals surface area (Å²) in [5.41, 5.74) is 2.73. The number of para-hydroxylation sites is 1. The van der Waals surface area contributed by atoms with E-state index in [4.69, 9.17) is 0 Å². The average molecular weight is 414 g/mol.